The Balaban J connectivity index is 0.000000846. The highest BCUT2D eigenvalue weighted by atomic mass is 15.2. The molecule has 0 aromatic heterocycles. The molecule has 6 aliphatic carbocycles. The van der Waals surface area contributed by atoms with Crippen LogP contribution in [0.5, 0.6) is 0 Å². The summed E-state index contributed by atoms with van der Waals surface area (Å²) in [5, 5.41) is 0. The molecule has 8 fully saturated rings. The summed E-state index contributed by atoms with van der Waals surface area (Å²) in [4.78, 5) is 6.10. The lowest BCUT2D eigenvalue weighted by atomic mass is 9.67. The Morgan fingerprint density at radius 1 is 0.500 bits per heavy atom. The molecule has 6 saturated carbocycles. The summed E-state index contributed by atoms with van der Waals surface area (Å²) in [6, 6.07) is 3.72. The van der Waals surface area contributed by atoms with Crippen LogP contribution in [0.15, 0.2) is 0 Å². The predicted octanol–water partition coefficient (Wildman–Crippen LogP) is 9.14. The number of rotatable bonds is 2. The minimum Gasteiger partial charge on any atom is -0.300 e. The van der Waals surface area contributed by atoms with Gasteiger partial charge in [0.2, 0.25) is 0 Å². The van der Waals surface area contributed by atoms with Gasteiger partial charge in [-0.15, -0.1) is 0 Å². The number of likely N-dealkylation sites (tertiary alicyclic amines) is 2. The quantitative estimate of drug-likeness (QED) is 0.338. The van der Waals surface area contributed by atoms with Gasteiger partial charge >= 0.3 is 0 Å². The summed E-state index contributed by atoms with van der Waals surface area (Å²) in [7, 11) is 5.22. The normalized spacial score (nSPS) is 55.4. The fourth-order valence-electron chi connectivity index (χ4n) is 14.3. The van der Waals surface area contributed by atoms with Crippen LogP contribution in [0.25, 0.3) is 0 Å². The molecule has 0 spiro atoms. The third-order valence-corrected chi connectivity index (χ3v) is 15.3. The van der Waals surface area contributed by atoms with Gasteiger partial charge in [0, 0.05) is 24.2 Å². The van der Waals surface area contributed by atoms with Crippen molar-refractivity contribution in [2.75, 3.05) is 14.1 Å². The fourth-order valence-corrected chi connectivity index (χ4v) is 14.3. The standard InChI is InChI=1S/C35H58N2.C3H8/c1-20-13-15-30-28(17-20)32-24-11-7-5-9-22(24)26(34(32)36(30)3)19-27-23-10-6-8-12-25(23)33-29-18-21(2)14-16-31(29)37(4)35(27)33;1-3-2/h20-35H,5-19H2,1-4H3;3H2,1-2H3. The number of hydrogen-bond donors (Lipinski definition) is 0. The highest BCUT2D eigenvalue weighted by Crippen LogP contribution is 2.66. The average molecular weight is 551 g/mol. The average Bonchev–Trinajstić information content (AvgIpc) is 3.63. The van der Waals surface area contributed by atoms with Gasteiger partial charge in [-0.05, 0) is 156 Å². The minimum atomic E-state index is 0.925. The third kappa shape index (κ3) is 4.44. The van der Waals surface area contributed by atoms with E-state index >= 15 is 0 Å². The maximum Gasteiger partial charge on any atom is 0.0161 e. The van der Waals surface area contributed by atoms with Crippen molar-refractivity contribution in [2.45, 2.75) is 155 Å². The van der Waals surface area contributed by atoms with Crippen LogP contribution in [0, 0.1) is 71.0 Å². The topological polar surface area (TPSA) is 6.48 Å². The zero-order chi connectivity index (χ0) is 27.7. The van der Waals surface area contributed by atoms with Crippen LogP contribution in [0.1, 0.15) is 130 Å². The van der Waals surface area contributed by atoms with Gasteiger partial charge < -0.3 is 0 Å². The SMILES string of the molecule is CC1CCC2C(C1)C1C3CCCCC3C(CC3C4CCCCC4C4C5CC(C)CCC5N(C)C34)C1N2C.CCC. The molecule has 2 aliphatic heterocycles. The van der Waals surface area contributed by atoms with E-state index in [9.17, 15) is 0 Å². The zero-order valence-electron chi connectivity index (χ0n) is 27.4. The monoisotopic (exact) mass is 551 g/mol. The molecule has 2 heterocycles. The van der Waals surface area contributed by atoms with Crippen molar-refractivity contribution in [2.24, 2.45) is 71.0 Å². The molecule has 2 nitrogen and oxygen atoms in total. The molecule has 0 radical (unpaired) electrons. The number of nitrogens with zero attached hydrogens (tertiary/aromatic N) is 2. The lowest BCUT2D eigenvalue weighted by Crippen LogP contribution is -2.44. The highest BCUT2D eigenvalue weighted by Gasteiger charge is 2.65. The van der Waals surface area contributed by atoms with Crippen molar-refractivity contribution in [3.8, 4) is 0 Å². The molecular formula is C38H66N2. The van der Waals surface area contributed by atoms with E-state index in [1.807, 2.05) is 0 Å². The first-order chi connectivity index (χ1) is 19.4. The fraction of sp³-hybridized carbons (Fsp3) is 1.00. The first kappa shape index (κ1) is 28.7. The first-order valence-corrected chi connectivity index (χ1v) is 18.9. The van der Waals surface area contributed by atoms with Crippen LogP contribution < -0.4 is 0 Å². The maximum atomic E-state index is 3.05. The van der Waals surface area contributed by atoms with Gasteiger partial charge in [-0.2, -0.15) is 0 Å². The molecule has 0 N–H and O–H groups in total. The highest BCUT2D eigenvalue weighted by molar-refractivity contribution is 5.16. The molecule has 16 atom stereocenters. The lowest BCUT2D eigenvalue weighted by Gasteiger charge is -2.43. The Morgan fingerprint density at radius 3 is 1.27 bits per heavy atom. The molecule has 2 saturated heterocycles. The second kappa shape index (κ2) is 11.4. The summed E-state index contributed by atoms with van der Waals surface area (Å²) in [5.74, 6) is 12.5. The van der Waals surface area contributed by atoms with Gasteiger partial charge in [-0.3, -0.25) is 9.80 Å². The van der Waals surface area contributed by atoms with E-state index in [4.69, 9.17) is 0 Å². The van der Waals surface area contributed by atoms with Gasteiger partial charge in [-0.1, -0.05) is 59.8 Å². The van der Waals surface area contributed by atoms with E-state index in [-0.39, 0.29) is 0 Å². The van der Waals surface area contributed by atoms with E-state index in [1.165, 1.54) is 57.8 Å². The molecule has 8 aliphatic rings. The van der Waals surface area contributed by atoms with Gasteiger partial charge in [0.1, 0.15) is 0 Å². The van der Waals surface area contributed by atoms with Gasteiger partial charge in [0.15, 0.2) is 0 Å². The smallest absolute Gasteiger partial charge is 0.0161 e. The van der Waals surface area contributed by atoms with E-state index < -0.39 is 0 Å². The van der Waals surface area contributed by atoms with Crippen LogP contribution in [0.4, 0.5) is 0 Å². The molecule has 0 aromatic rings. The first-order valence-electron chi connectivity index (χ1n) is 18.9. The van der Waals surface area contributed by atoms with E-state index in [0.29, 0.717) is 0 Å². The Hall–Kier alpha value is -0.0800. The largest absolute Gasteiger partial charge is 0.300 e. The van der Waals surface area contributed by atoms with Gasteiger partial charge in [-0.25, -0.2) is 0 Å². The maximum absolute atomic E-state index is 3.05. The van der Waals surface area contributed by atoms with Crippen molar-refractivity contribution < 1.29 is 0 Å². The van der Waals surface area contributed by atoms with Crippen LogP contribution in [0.3, 0.4) is 0 Å². The van der Waals surface area contributed by atoms with Gasteiger partial charge in [0.05, 0.1) is 0 Å². The van der Waals surface area contributed by atoms with Crippen molar-refractivity contribution in [3.05, 3.63) is 0 Å². The van der Waals surface area contributed by atoms with Crippen molar-refractivity contribution in [1.29, 1.82) is 0 Å². The van der Waals surface area contributed by atoms with E-state index in [0.717, 1.165) is 95.2 Å². The van der Waals surface area contributed by atoms with Gasteiger partial charge in [0.25, 0.3) is 0 Å². The molecule has 40 heavy (non-hydrogen) atoms. The molecular weight excluding hydrogens is 484 g/mol. The second-order valence-corrected chi connectivity index (χ2v) is 17.3. The number of fused-ring (bicyclic) bond motifs is 10. The van der Waals surface area contributed by atoms with Crippen LogP contribution in [-0.2, 0) is 0 Å². The Bertz CT molecular complexity index is 802. The lowest BCUT2D eigenvalue weighted by molar-refractivity contribution is 0.0576. The second-order valence-electron chi connectivity index (χ2n) is 17.3. The summed E-state index contributed by atoms with van der Waals surface area (Å²) in [6.07, 6.45) is 24.4. The summed E-state index contributed by atoms with van der Waals surface area (Å²) >= 11 is 0. The summed E-state index contributed by atoms with van der Waals surface area (Å²) in [5.41, 5.74) is 0. The predicted molar refractivity (Wildman–Crippen MR) is 169 cm³/mol. The van der Waals surface area contributed by atoms with E-state index in [2.05, 4.69) is 51.6 Å². The van der Waals surface area contributed by atoms with Crippen LogP contribution >= 0.6 is 0 Å². The molecule has 2 heteroatoms. The third-order valence-electron chi connectivity index (χ3n) is 15.3. The van der Waals surface area contributed by atoms with Crippen LogP contribution in [-0.4, -0.2) is 48.1 Å². The van der Waals surface area contributed by atoms with Crippen molar-refractivity contribution in [1.82, 2.24) is 9.80 Å². The zero-order valence-corrected chi connectivity index (χ0v) is 27.4. The molecule has 16 unspecified atom stereocenters. The molecule has 8 rings (SSSR count). The van der Waals surface area contributed by atoms with Crippen molar-refractivity contribution in [3.63, 3.8) is 0 Å². The Morgan fingerprint density at radius 2 is 0.875 bits per heavy atom. The summed E-state index contributed by atoms with van der Waals surface area (Å²) < 4.78 is 0. The molecule has 0 bridgehead atoms. The Kier molecular flexibility index (Phi) is 8.21. The molecule has 0 amide bonds. The van der Waals surface area contributed by atoms with Crippen LogP contribution in [0.2, 0.25) is 0 Å². The van der Waals surface area contributed by atoms with E-state index in [1.54, 1.807) is 44.9 Å². The minimum absolute atomic E-state index is 0.925. The molecule has 228 valence electrons. The van der Waals surface area contributed by atoms with Crippen molar-refractivity contribution >= 4 is 0 Å². The molecule has 0 aromatic carbocycles. The summed E-state index contributed by atoms with van der Waals surface area (Å²) in [6.45, 7) is 9.40. The number of hydrogen-bond acceptors (Lipinski definition) is 2. The Labute approximate surface area is 249 Å².